The number of thiophene rings is 1. The molecule has 0 unspecified atom stereocenters. The van der Waals surface area contributed by atoms with Crippen LogP contribution in [-0.2, 0) is 4.79 Å². The fraction of sp³-hybridized carbons (Fsp3) is 0.278. The minimum absolute atomic E-state index is 0.173. The number of nitrogens with one attached hydrogen (secondary N) is 2. The molecule has 0 radical (unpaired) electrons. The number of likely N-dealkylation sites (tertiary alicyclic amines) is 1. The van der Waals surface area contributed by atoms with E-state index in [1.54, 1.807) is 18.2 Å². The average Bonchev–Trinajstić information content (AvgIpc) is 3.36. The fourth-order valence-corrected chi connectivity index (χ4v) is 3.79. The van der Waals surface area contributed by atoms with E-state index in [-0.39, 0.29) is 11.5 Å². The van der Waals surface area contributed by atoms with Crippen LogP contribution in [0.15, 0.2) is 35.7 Å². The van der Waals surface area contributed by atoms with Gasteiger partial charge in [0.15, 0.2) is 0 Å². The van der Waals surface area contributed by atoms with Gasteiger partial charge < -0.3 is 9.64 Å². The number of hydrazine groups is 1. The molecule has 3 rings (SSSR count). The highest BCUT2D eigenvalue weighted by Crippen LogP contribution is 2.24. The highest BCUT2D eigenvalue weighted by molar-refractivity contribution is 7.12. The third-order valence-electron chi connectivity index (χ3n) is 4.26. The number of nitrogens with zero attached hydrogens (tertiary/aromatic N) is 1. The van der Waals surface area contributed by atoms with Crippen LogP contribution in [0.25, 0.3) is 0 Å². The molecule has 2 heterocycles. The number of carbonyl (C=O) groups is 3. The lowest BCUT2D eigenvalue weighted by molar-refractivity contribution is -0.125. The van der Waals surface area contributed by atoms with E-state index in [9.17, 15) is 14.4 Å². The third kappa shape index (κ3) is 4.23. The van der Waals surface area contributed by atoms with Crippen LogP contribution in [-0.4, -0.2) is 42.3 Å². The predicted molar refractivity (Wildman–Crippen MR) is 102 cm³/mol. The largest absolute Gasteiger partial charge is 0.496 e. The summed E-state index contributed by atoms with van der Waals surface area (Å²) < 4.78 is 5.13. The maximum Gasteiger partial charge on any atom is 0.273 e. The lowest BCUT2D eigenvalue weighted by Crippen LogP contribution is -2.51. The molecular formula is C18H18ClN3O4S. The Morgan fingerprint density at radius 1 is 1.26 bits per heavy atom. The summed E-state index contributed by atoms with van der Waals surface area (Å²) in [6.07, 6.45) is 1.28. The molecule has 27 heavy (non-hydrogen) atoms. The molecule has 142 valence electrons. The van der Waals surface area contributed by atoms with Crippen molar-refractivity contribution in [3.05, 3.63) is 51.2 Å². The van der Waals surface area contributed by atoms with Crippen LogP contribution in [0.3, 0.4) is 0 Å². The number of benzene rings is 1. The fourth-order valence-electron chi connectivity index (χ4n) is 2.95. The molecule has 0 bridgehead atoms. The maximum atomic E-state index is 12.5. The number of rotatable bonds is 4. The smallest absolute Gasteiger partial charge is 0.273 e. The van der Waals surface area contributed by atoms with Crippen LogP contribution in [0.1, 0.15) is 32.9 Å². The van der Waals surface area contributed by atoms with Crippen molar-refractivity contribution in [3.63, 3.8) is 0 Å². The van der Waals surface area contributed by atoms with Crippen molar-refractivity contribution < 1.29 is 19.1 Å². The molecule has 9 heteroatoms. The lowest BCUT2D eigenvalue weighted by Gasteiger charge is -2.23. The summed E-state index contributed by atoms with van der Waals surface area (Å²) in [4.78, 5) is 39.5. The predicted octanol–water partition coefficient (Wildman–Crippen LogP) is 2.48. The first-order valence-corrected chi connectivity index (χ1v) is 9.55. The second kappa shape index (κ2) is 8.41. The number of hydrogen-bond acceptors (Lipinski definition) is 5. The third-order valence-corrected chi connectivity index (χ3v) is 5.35. The van der Waals surface area contributed by atoms with Crippen LogP contribution in [0.2, 0.25) is 5.02 Å². The highest BCUT2D eigenvalue weighted by atomic mass is 35.5. The van der Waals surface area contributed by atoms with Gasteiger partial charge in [0, 0.05) is 11.6 Å². The van der Waals surface area contributed by atoms with Crippen molar-refractivity contribution >= 4 is 40.7 Å². The molecule has 0 saturated carbocycles. The van der Waals surface area contributed by atoms with Gasteiger partial charge >= 0.3 is 0 Å². The van der Waals surface area contributed by atoms with E-state index >= 15 is 0 Å². The summed E-state index contributed by atoms with van der Waals surface area (Å²) >= 11 is 7.22. The number of methoxy groups -OCH3 is 1. The van der Waals surface area contributed by atoms with Gasteiger partial charge in [-0.05, 0) is 42.5 Å². The van der Waals surface area contributed by atoms with Gasteiger partial charge in [-0.3, -0.25) is 25.2 Å². The van der Waals surface area contributed by atoms with Crippen LogP contribution in [0.4, 0.5) is 0 Å². The van der Waals surface area contributed by atoms with Gasteiger partial charge in [-0.1, -0.05) is 17.7 Å². The Bertz CT molecular complexity index is 856. The number of carbonyl (C=O) groups excluding carboxylic acids is 3. The first kappa shape index (κ1) is 19.2. The van der Waals surface area contributed by atoms with Crippen molar-refractivity contribution in [2.24, 2.45) is 0 Å². The maximum absolute atomic E-state index is 12.5. The number of halogens is 1. The molecule has 0 aliphatic carbocycles. The van der Waals surface area contributed by atoms with Gasteiger partial charge in [0.2, 0.25) is 0 Å². The second-order valence-electron chi connectivity index (χ2n) is 5.92. The topological polar surface area (TPSA) is 87.7 Å². The monoisotopic (exact) mass is 407 g/mol. The first-order chi connectivity index (χ1) is 13.0. The van der Waals surface area contributed by atoms with E-state index in [0.29, 0.717) is 28.6 Å². The van der Waals surface area contributed by atoms with E-state index in [1.807, 2.05) is 5.38 Å². The molecule has 0 spiro atoms. The van der Waals surface area contributed by atoms with E-state index in [0.717, 1.165) is 6.42 Å². The molecule has 1 atom stereocenters. The van der Waals surface area contributed by atoms with E-state index in [4.69, 9.17) is 16.3 Å². The minimum atomic E-state index is -0.619. The van der Waals surface area contributed by atoms with Gasteiger partial charge in [-0.2, -0.15) is 0 Å². The zero-order valence-electron chi connectivity index (χ0n) is 14.5. The summed E-state index contributed by atoms with van der Waals surface area (Å²) in [6.45, 7) is 0.508. The van der Waals surface area contributed by atoms with Crippen LogP contribution < -0.4 is 15.6 Å². The molecule has 2 N–H and O–H groups in total. The molecule has 1 aromatic carbocycles. The molecular weight excluding hydrogens is 390 g/mol. The van der Waals surface area contributed by atoms with Crippen molar-refractivity contribution in [2.75, 3.05) is 13.7 Å². The Labute approximate surface area is 165 Å². The van der Waals surface area contributed by atoms with Crippen molar-refractivity contribution in [2.45, 2.75) is 18.9 Å². The summed E-state index contributed by atoms with van der Waals surface area (Å²) in [5.41, 5.74) is 5.00. The van der Waals surface area contributed by atoms with Crippen molar-refractivity contribution in [1.29, 1.82) is 0 Å². The van der Waals surface area contributed by atoms with E-state index in [2.05, 4.69) is 10.9 Å². The molecule has 3 amide bonds. The molecule has 1 fully saturated rings. The Balaban J connectivity index is 1.63. The van der Waals surface area contributed by atoms with Gasteiger partial charge in [0.1, 0.15) is 11.8 Å². The number of hydrogen-bond donors (Lipinski definition) is 2. The van der Waals surface area contributed by atoms with Crippen LogP contribution in [0.5, 0.6) is 5.75 Å². The van der Waals surface area contributed by atoms with Gasteiger partial charge in [0.25, 0.3) is 17.7 Å². The number of ether oxygens (including phenoxy) is 1. The summed E-state index contributed by atoms with van der Waals surface area (Å²) in [6, 6.07) is 7.48. The SMILES string of the molecule is COc1cc(Cl)ccc1C(=O)NNC(=O)[C@@H]1CCCN1C(=O)c1cccs1. The number of amides is 3. The van der Waals surface area contributed by atoms with Crippen LogP contribution >= 0.6 is 22.9 Å². The second-order valence-corrected chi connectivity index (χ2v) is 7.31. The summed E-state index contributed by atoms with van der Waals surface area (Å²) in [7, 11) is 1.42. The van der Waals surface area contributed by atoms with Crippen molar-refractivity contribution in [1.82, 2.24) is 15.8 Å². The Hall–Kier alpha value is -2.58. The molecule has 1 aliphatic rings. The minimum Gasteiger partial charge on any atom is -0.496 e. The van der Waals surface area contributed by atoms with E-state index in [1.165, 1.54) is 35.5 Å². The van der Waals surface area contributed by atoms with Gasteiger partial charge in [-0.25, -0.2) is 0 Å². The van der Waals surface area contributed by atoms with Crippen LogP contribution in [0, 0.1) is 0 Å². The lowest BCUT2D eigenvalue weighted by atomic mass is 10.2. The summed E-state index contributed by atoms with van der Waals surface area (Å²) in [5, 5.41) is 2.25. The first-order valence-electron chi connectivity index (χ1n) is 8.29. The van der Waals surface area contributed by atoms with Gasteiger partial charge in [0.05, 0.1) is 17.6 Å². The van der Waals surface area contributed by atoms with Crippen molar-refractivity contribution in [3.8, 4) is 5.75 Å². The average molecular weight is 408 g/mol. The van der Waals surface area contributed by atoms with Gasteiger partial charge in [-0.15, -0.1) is 11.3 Å². The molecule has 1 aromatic heterocycles. The van der Waals surface area contributed by atoms with E-state index < -0.39 is 17.9 Å². The zero-order chi connectivity index (χ0) is 19.4. The quantitative estimate of drug-likeness (QED) is 0.762. The normalized spacial score (nSPS) is 16.1. The zero-order valence-corrected chi connectivity index (χ0v) is 16.1. The molecule has 1 saturated heterocycles. The Kier molecular flexibility index (Phi) is 5.98. The molecule has 2 aromatic rings. The Morgan fingerprint density at radius 3 is 2.78 bits per heavy atom. The highest BCUT2D eigenvalue weighted by Gasteiger charge is 2.35. The Morgan fingerprint density at radius 2 is 2.07 bits per heavy atom. The standard InChI is InChI=1S/C18H18ClN3O4S/c1-26-14-10-11(19)6-7-12(14)16(23)20-21-17(24)13-4-2-8-22(13)18(25)15-5-3-9-27-15/h3,5-7,9-10,13H,2,4,8H2,1H3,(H,20,23)(H,21,24)/t13-/m0/s1. The molecule has 7 nitrogen and oxygen atoms in total. The molecule has 1 aliphatic heterocycles. The summed E-state index contributed by atoms with van der Waals surface area (Å²) in [5.74, 6) is -0.845.